The highest BCUT2D eigenvalue weighted by Gasteiger charge is 2.08. The number of rotatable bonds is 3. The van der Waals surface area contributed by atoms with E-state index in [1.807, 2.05) is 25.1 Å². The van der Waals surface area contributed by atoms with E-state index in [1.54, 1.807) is 30.0 Å². The van der Waals surface area contributed by atoms with Gasteiger partial charge >= 0.3 is 5.63 Å². The van der Waals surface area contributed by atoms with Crippen LogP contribution in [0.2, 0.25) is 0 Å². The Labute approximate surface area is 132 Å². The van der Waals surface area contributed by atoms with Gasteiger partial charge in [-0.05, 0) is 66.9 Å². The molecule has 0 aliphatic carbocycles. The van der Waals surface area contributed by atoms with Gasteiger partial charge in [0.15, 0.2) is 0 Å². The van der Waals surface area contributed by atoms with E-state index in [1.165, 1.54) is 5.56 Å². The van der Waals surface area contributed by atoms with Gasteiger partial charge in [0.1, 0.15) is 11.3 Å². The molecule has 0 saturated heterocycles. The molecule has 3 aromatic rings. The van der Waals surface area contributed by atoms with Crippen molar-refractivity contribution >= 4 is 22.7 Å². The second-order valence-electron chi connectivity index (χ2n) is 5.31. The first-order valence-electron chi connectivity index (χ1n) is 6.99. The van der Waals surface area contributed by atoms with E-state index in [2.05, 4.69) is 13.0 Å². The van der Waals surface area contributed by atoms with Crippen molar-refractivity contribution in [2.75, 3.05) is 0 Å². The van der Waals surface area contributed by atoms with E-state index >= 15 is 0 Å². The Morgan fingerprint density at radius 1 is 1.05 bits per heavy atom. The third kappa shape index (κ3) is 3.02. The number of hydrogen-bond acceptors (Lipinski definition) is 4. The van der Waals surface area contributed by atoms with Gasteiger partial charge in [-0.2, -0.15) is 0 Å². The molecule has 0 spiro atoms. The molecule has 0 saturated carbocycles. The lowest BCUT2D eigenvalue weighted by molar-refractivity contribution is 0.475. The molecule has 0 bridgehead atoms. The molecule has 22 heavy (non-hydrogen) atoms. The predicted octanol–water partition coefficient (Wildman–Crippen LogP) is 4.41. The van der Waals surface area contributed by atoms with E-state index in [0.717, 1.165) is 21.4 Å². The monoisotopic (exact) mass is 312 g/mol. The van der Waals surface area contributed by atoms with E-state index in [-0.39, 0.29) is 11.4 Å². The third-order valence-electron chi connectivity index (χ3n) is 3.68. The largest absolute Gasteiger partial charge is 0.508 e. The minimum absolute atomic E-state index is 0.251. The minimum atomic E-state index is -0.322. The van der Waals surface area contributed by atoms with Crippen LogP contribution in [0.4, 0.5) is 0 Å². The molecule has 0 aliphatic rings. The summed E-state index contributed by atoms with van der Waals surface area (Å²) in [5.41, 5.74) is 3.57. The van der Waals surface area contributed by atoms with Crippen LogP contribution >= 0.6 is 11.8 Å². The van der Waals surface area contributed by atoms with E-state index in [0.29, 0.717) is 11.3 Å². The smallest absolute Gasteiger partial charge is 0.336 e. The minimum Gasteiger partial charge on any atom is -0.508 e. The number of aromatic hydroxyl groups is 1. The predicted molar refractivity (Wildman–Crippen MR) is 89.6 cm³/mol. The van der Waals surface area contributed by atoms with E-state index in [9.17, 15) is 9.90 Å². The van der Waals surface area contributed by atoms with Crippen molar-refractivity contribution in [3.8, 4) is 5.75 Å². The van der Waals surface area contributed by atoms with Gasteiger partial charge < -0.3 is 9.52 Å². The molecular formula is C18H16O3S. The normalized spacial score (nSPS) is 11.0. The molecule has 4 heteroatoms. The lowest BCUT2D eigenvalue weighted by atomic mass is 10.0. The van der Waals surface area contributed by atoms with Gasteiger partial charge in [0.2, 0.25) is 0 Å². The van der Waals surface area contributed by atoms with Gasteiger partial charge in [0.05, 0.1) is 0 Å². The van der Waals surface area contributed by atoms with Crippen molar-refractivity contribution in [2.45, 2.75) is 24.5 Å². The first-order valence-corrected chi connectivity index (χ1v) is 7.97. The first-order chi connectivity index (χ1) is 10.5. The highest BCUT2D eigenvalue weighted by atomic mass is 32.2. The number of phenols is 1. The van der Waals surface area contributed by atoms with Crippen LogP contribution in [0, 0.1) is 13.8 Å². The number of benzene rings is 2. The summed E-state index contributed by atoms with van der Waals surface area (Å²) in [5.74, 6) is 0.927. The standard InChI is InChI=1S/C18H16O3S/c1-11-7-16-13(9-18(20)21-17(16)8-12(11)2)10-22-15-5-3-14(19)4-6-15/h3-9,19H,10H2,1-2H3. The molecule has 1 heterocycles. The molecule has 0 amide bonds. The molecule has 0 fully saturated rings. The van der Waals surface area contributed by atoms with Crippen LogP contribution in [0.5, 0.6) is 5.75 Å². The summed E-state index contributed by atoms with van der Waals surface area (Å²) in [6.07, 6.45) is 0. The quantitative estimate of drug-likeness (QED) is 0.575. The van der Waals surface area contributed by atoms with Gasteiger partial charge in [-0.1, -0.05) is 0 Å². The number of fused-ring (bicyclic) bond motifs is 1. The number of phenolic OH excluding ortho intramolecular Hbond substituents is 1. The van der Waals surface area contributed by atoms with Crippen molar-refractivity contribution in [3.05, 3.63) is 69.6 Å². The molecular weight excluding hydrogens is 296 g/mol. The summed E-state index contributed by atoms with van der Waals surface area (Å²) in [6, 6.07) is 12.6. The highest BCUT2D eigenvalue weighted by Crippen LogP contribution is 2.28. The summed E-state index contributed by atoms with van der Waals surface area (Å²) in [5, 5.41) is 10.3. The molecule has 0 unspecified atom stereocenters. The molecule has 2 aromatic carbocycles. The van der Waals surface area contributed by atoms with Crippen LogP contribution in [-0.2, 0) is 5.75 Å². The molecule has 0 aliphatic heterocycles. The van der Waals surface area contributed by atoms with Crippen molar-refractivity contribution < 1.29 is 9.52 Å². The summed E-state index contributed by atoms with van der Waals surface area (Å²) in [7, 11) is 0. The fourth-order valence-corrected chi connectivity index (χ4v) is 3.20. The zero-order valence-electron chi connectivity index (χ0n) is 12.4. The number of aryl methyl sites for hydroxylation is 2. The molecule has 0 radical (unpaired) electrons. The Balaban J connectivity index is 1.97. The van der Waals surface area contributed by atoms with Crippen LogP contribution in [0.3, 0.4) is 0 Å². The van der Waals surface area contributed by atoms with Gasteiger partial charge in [0, 0.05) is 22.1 Å². The van der Waals surface area contributed by atoms with Crippen LogP contribution in [0.1, 0.15) is 16.7 Å². The van der Waals surface area contributed by atoms with E-state index in [4.69, 9.17) is 4.42 Å². The fraction of sp³-hybridized carbons (Fsp3) is 0.167. The average Bonchev–Trinajstić information content (AvgIpc) is 2.48. The summed E-state index contributed by atoms with van der Waals surface area (Å²) < 4.78 is 5.31. The molecule has 112 valence electrons. The molecule has 0 atom stereocenters. The molecule has 3 rings (SSSR count). The molecule has 3 nitrogen and oxygen atoms in total. The zero-order chi connectivity index (χ0) is 15.7. The Morgan fingerprint density at radius 2 is 1.73 bits per heavy atom. The van der Waals surface area contributed by atoms with Crippen molar-refractivity contribution in [1.29, 1.82) is 0 Å². The Morgan fingerprint density at radius 3 is 2.45 bits per heavy atom. The topological polar surface area (TPSA) is 50.4 Å². The Kier molecular flexibility index (Phi) is 3.94. The van der Waals surface area contributed by atoms with Gasteiger partial charge in [-0.15, -0.1) is 11.8 Å². The zero-order valence-corrected chi connectivity index (χ0v) is 13.2. The van der Waals surface area contributed by atoms with Crippen molar-refractivity contribution in [3.63, 3.8) is 0 Å². The maximum Gasteiger partial charge on any atom is 0.336 e. The van der Waals surface area contributed by atoms with Gasteiger partial charge in [-0.3, -0.25) is 0 Å². The SMILES string of the molecule is Cc1cc2oc(=O)cc(CSc3ccc(O)cc3)c2cc1C. The van der Waals surface area contributed by atoms with Gasteiger partial charge in [-0.25, -0.2) is 4.79 Å². The maximum absolute atomic E-state index is 11.7. The summed E-state index contributed by atoms with van der Waals surface area (Å²) in [6.45, 7) is 4.06. The van der Waals surface area contributed by atoms with Crippen LogP contribution in [-0.4, -0.2) is 5.11 Å². The highest BCUT2D eigenvalue weighted by molar-refractivity contribution is 7.98. The number of hydrogen-bond donors (Lipinski definition) is 1. The lowest BCUT2D eigenvalue weighted by Crippen LogP contribution is -2.00. The average molecular weight is 312 g/mol. The molecule has 1 N–H and O–H groups in total. The van der Waals surface area contributed by atoms with Gasteiger partial charge in [0.25, 0.3) is 0 Å². The van der Waals surface area contributed by atoms with Crippen LogP contribution in [0.25, 0.3) is 11.0 Å². The second-order valence-corrected chi connectivity index (χ2v) is 6.35. The second kappa shape index (κ2) is 5.89. The fourth-order valence-electron chi connectivity index (χ4n) is 2.31. The van der Waals surface area contributed by atoms with Crippen LogP contribution in [0.15, 0.2) is 56.6 Å². The van der Waals surface area contributed by atoms with E-state index < -0.39 is 0 Å². The summed E-state index contributed by atoms with van der Waals surface area (Å²) in [4.78, 5) is 12.8. The van der Waals surface area contributed by atoms with Crippen molar-refractivity contribution in [1.82, 2.24) is 0 Å². The maximum atomic E-state index is 11.7. The Bertz CT molecular complexity index is 879. The Hall–Kier alpha value is -2.20. The third-order valence-corrected chi connectivity index (χ3v) is 4.74. The first kappa shape index (κ1) is 14.7. The number of thioether (sulfide) groups is 1. The lowest BCUT2D eigenvalue weighted by Gasteiger charge is -2.08. The van der Waals surface area contributed by atoms with Crippen LogP contribution < -0.4 is 5.63 Å². The molecule has 1 aromatic heterocycles. The van der Waals surface area contributed by atoms with Crippen molar-refractivity contribution in [2.24, 2.45) is 0 Å². The summed E-state index contributed by atoms with van der Waals surface area (Å²) >= 11 is 1.62.